The lowest BCUT2D eigenvalue weighted by atomic mass is 9.99. The van der Waals surface area contributed by atoms with Gasteiger partial charge in [-0.2, -0.15) is 0 Å². The molecule has 2 heterocycles. The first-order valence-electron chi connectivity index (χ1n) is 9.19. The molecule has 0 radical (unpaired) electrons. The van der Waals surface area contributed by atoms with E-state index in [1.54, 1.807) is 6.33 Å². The number of aliphatic hydroxyl groups is 1. The van der Waals surface area contributed by atoms with E-state index in [9.17, 15) is 5.11 Å². The van der Waals surface area contributed by atoms with Crippen molar-refractivity contribution in [3.05, 3.63) is 12.4 Å². The maximum atomic E-state index is 9.40. The quantitative estimate of drug-likeness (QED) is 0.836. The maximum absolute atomic E-state index is 9.40. The Kier molecular flexibility index (Phi) is 5.70. The van der Waals surface area contributed by atoms with Gasteiger partial charge in [0.05, 0.1) is 0 Å². The van der Waals surface area contributed by atoms with Gasteiger partial charge < -0.3 is 15.3 Å². The van der Waals surface area contributed by atoms with Crippen molar-refractivity contribution in [3.8, 4) is 0 Å². The van der Waals surface area contributed by atoms with Gasteiger partial charge in [0.25, 0.3) is 0 Å². The summed E-state index contributed by atoms with van der Waals surface area (Å²) in [5, 5.41) is 13.0. The second-order valence-electron chi connectivity index (χ2n) is 7.35. The highest BCUT2D eigenvalue weighted by molar-refractivity contribution is 5.49. The van der Waals surface area contributed by atoms with E-state index >= 15 is 0 Å². The molecular weight excluding hydrogens is 288 g/mol. The van der Waals surface area contributed by atoms with Crippen molar-refractivity contribution in [2.45, 2.75) is 57.9 Å². The molecule has 1 aromatic heterocycles. The van der Waals surface area contributed by atoms with E-state index in [1.165, 1.54) is 32.1 Å². The second-order valence-corrected chi connectivity index (χ2v) is 7.35. The molecule has 2 N–H and O–H groups in total. The summed E-state index contributed by atoms with van der Waals surface area (Å²) in [6.07, 6.45) is 10.3. The molecule has 3 rings (SSSR count). The van der Waals surface area contributed by atoms with Crippen LogP contribution in [0.25, 0.3) is 0 Å². The number of rotatable bonds is 4. The smallest absolute Gasteiger partial charge is 0.134 e. The third-order valence-electron chi connectivity index (χ3n) is 5.36. The van der Waals surface area contributed by atoms with Crippen LogP contribution in [0.4, 0.5) is 11.6 Å². The largest absolute Gasteiger partial charge is 0.396 e. The van der Waals surface area contributed by atoms with Crippen LogP contribution in [0.1, 0.15) is 51.9 Å². The van der Waals surface area contributed by atoms with E-state index in [2.05, 4.69) is 33.2 Å². The normalized spacial score (nSPS) is 29.1. The maximum Gasteiger partial charge on any atom is 0.134 e. The Balaban J connectivity index is 1.62. The van der Waals surface area contributed by atoms with Gasteiger partial charge in [0.2, 0.25) is 0 Å². The Morgan fingerprint density at radius 3 is 2.96 bits per heavy atom. The zero-order valence-corrected chi connectivity index (χ0v) is 14.2. The van der Waals surface area contributed by atoms with Crippen molar-refractivity contribution in [1.82, 2.24) is 9.97 Å². The lowest BCUT2D eigenvalue weighted by molar-refractivity contribution is 0.208. The number of aromatic nitrogens is 2. The van der Waals surface area contributed by atoms with Crippen molar-refractivity contribution in [1.29, 1.82) is 0 Å². The first kappa shape index (κ1) is 16.5. The molecular formula is C18H30N4O. The lowest BCUT2D eigenvalue weighted by Gasteiger charge is -2.32. The van der Waals surface area contributed by atoms with E-state index in [0.29, 0.717) is 12.0 Å². The van der Waals surface area contributed by atoms with Crippen LogP contribution in [-0.2, 0) is 0 Å². The Morgan fingerprint density at radius 2 is 2.09 bits per heavy atom. The molecule has 5 heteroatoms. The Hall–Kier alpha value is -1.36. The van der Waals surface area contributed by atoms with E-state index in [-0.39, 0.29) is 6.61 Å². The minimum atomic E-state index is 0.271. The molecule has 2 fully saturated rings. The van der Waals surface area contributed by atoms with E-state index < -0.39 is 0 Å². The Labute approximate surface area is 139 Å². The standard InChI is InChI=1S/C18H30N4O/c1-14-4-2-6-16(8-7-14)21-17-10-18(20-13-19-17)22-9-3-5-15(11-22)12-23/h10,13-16,23H,2-9,11-12H2,1H3,(H,19,20,21). The van der Waals surface area contributed by atoms with E-state index in [4.69, 9.17) is 0 Å². The first-order chi connectivity index (χ1) is 11.2. The third-order valence-corrected chi connectivity index (χ3v) is 5.36. The van der Waals surface area contributed by atoms with Crippen molar-refractivity contribution in [2.24, 2.45) is 11.8 Å². The van der Waals surface area contributed by atoms with Gasteiger partial charge in [-0.1, -0.05) is 19.8 Å². The lowest BCUT2D eigenvalue weighted by Crippen LogP contribution is -2.37. The number of piperidine rings is 1. The predicted octanol–water partition coefficient (Wildman–Crippen LogP) is 3.07. The molecule has 1 aliphatic heterocycles. The molecule has 128 valence electrons. The van der Waals surface area contributed by atoms with Crippen LogP contribution in [0, 0.1) is 11.8 Å². The molecule has 1 saturated carbocycles. The Morgan fingerprint density at radius 1 is 1.17 bits per heavy atom. The van der Waals surface area contributed by atoms with Crippen molar-refractivity contribution in [2.75, 3.05) is 29.9 Å². The molecule has 2 aliphatic rings. The SMILES string of the molecule is CC1CCCC(Nc2cc(N3CCCC(CO)C3)ncn2)CC1. The van der Waals surface area contributed by atoms with Crippen LogP contribution in [0.2, 0.25) is 0 Å². The number of nitrogens with zero attached hydrogens (tertiary/aromatic N) is 3. The van der Waals surface area contributed by atoms with Crippen molar-refractivity contribution in [3.63, 3.8) is 0 Å². The molecule has 3 atom stereocenters. The average molecular weight is 318 g/mol. The van der Waals surface area contributed by atoms with Crippen LogP contribution >= 0.6 is 0 Å². The fourth-order valence-electron chi connectivity index (χ4n) is 3.86. The fraction of sp³-hybridized carbons (Fsp3) is 0.778. The summed E-state index contributed by atoms with van der Waals surface area (Å²) in [7, 11) is 0. The number of hydrogen-bond acceptors (Lipinski definition) is 5. The molecule has 0 bridgehead atoms. The highest BCUT2D eigenvalue weighted by atomic mass is 16.3. The molecule has 1 aliphatic carbocycles. The van der Waals surface area contributed by atoms with Crippen LogP contribution < -0.4 is 10.2 Å². The van der Waals surface area contributed by atoms with E-state index in [1.807, 2.05) is 0 Å². The molecule has 5 nitrogen and oxygen atoms in total. The summed E-state index contributed by atoms with van der Waals surface area (Å²) in [6, 6.07) is 2.61. The van der Waals surface area contributed by atoms with Crippen LogP contribution in [0.3, 0.4) is 0 Å². The van der Waals surface area contributed by atoms with Crippen LogP contribution in [0.5, 0.6) is 0 Å². The monoisotopic (exact) mass is 318 g/mol. The first-order valence-corrected chi connectivity index (χ1v) is 9.19. The highest BCUT2D eigenvalue weighted by Gasteiger charge is 2.21. The van der Waals surface area contributed by atoms with Gasteiger partial charge >= 0.3 is 0 Å². The van der Waals surface area contributed by atoms with Gasteiger partial charge in [-0.15, -0.1) is 0 Å². The molecule has 23 heavy (non-hydrogen) atoms. The van der Waals surface area contributed by atoms with Crippen molar-refractivity contribution < 1.29 is 5.11 Å². The molecule has 3 unspecified atom stereocenters. The zero-order chi connectivity index (χ0) is 16.1. The molecule has 1 saturated heterocycles. The van der Waals surface area contributed by atoms with Gasteiger partial charge in [0.15, 0.2) is 0 Å². The summed E-state index contributed by atoms with van der Waals surface area (Å²) < 4.78 is 0. The molecule has 0 spiro atoms. The van der Waals surface area contributed by atoms with Gasteiger partial charge in [-0.3, -0.25) is 0 Å². The number of nitrogens with one attached hydrogen (secondary N) is 1. The number of anilines is 2. The molecule has 0 aromatic carbocycles. The summed E-state index contributed by atoms with van der Waals surface area (Å²) in [5.74, 6) is 3.16. The van der Waals surface area contributed by atoms with Gasteiger partial charge in [-0.25, -0.2) is 9.97 Å². The van der Waals surface area contributed by atoms with Gasteiger partial charge in [0.1, 0.15) is 18.0 Å². The fourth-order valence-corrected chi connectivity index (χ4v) is 3.86. The van der Waals surface area contributed by atoms with Crippen LogP contribution in [-0.4, -0.2) is 40.8 Å². The summed E-state index contributed by atoms with van der Waals surface area (Å²) >= 11 is 0. The Bertz CT molecular complexity index is 496. The topological polar surface area (TPSA) is 61.3 Å². The molecule has 1 aromatic rings. The van der Waals surface area contributed by atoms with Gasteiger partial charge in [0, 0.05) is 31.8 Å². The molecule has 0 amide bonds. The predicted molar refractivity (Wildman–Crippen MR) is 93.7 cm³/mol. The second kappa shape index (κ2) is 7.95. The third kappa shape index (κ3) is 4.56. The minimum absolute atomic E-state index is 0.271. The number of hydrogen-bond donors (Lipinski definition) is 2. The number of aliphatic hydroxyl groups excluding tert-OH is 1. The van der Waals surface area contributed by atoms with Crippen LogP contribution in [0.15, 0.2) is 12.4 Å². The zero-order valence-electron chi connectivity index (χ0n) is 14.2. The van der Waals surface area contributed by atoms with Crippen molar-refractivity contribution >= 4 is 11.6 Å². The van der Waals surface area contributed by atoms with Gasteiger partial charge in [-0.05, 0) is 43.9 Å². The van der Waals surface area contributed by atoms with E-state index in [0.717, 1.165) is 43.5 Å². The average Bonchev–Trinajstić information content (AvgIpc) is 2.80. The summed E-state index contributed by atoms with van der Waals surface area (Å²) in [4.78, 5) is 11.2. The highest BCUT2D eigenvalue weighted by Crippen LogP contribution is 2.26. The summed E-state index contributed by atoms with van der Waals surface area (Å²) in [5.41, 5.74) is 0. The summed E-state index contributed by atoms with van der Waals surface area (Å²) in [6.45, 7) is 4.55. The minimum Gasteiger partial charge on any atom is -0.396 e.